The zero-order valence-corrected chi connectivity index (χ0v) is 10.8. The van der Waals surface area contributed by atoms with E-state index in [-0.39, 0.29) is 12.5 Å². The van der Waals surface area contributed by atoms with E-state index in [9.17, 15) is 4.79 Å². The highest BCUT2D eigenvalue weighted by Gasteiger charge is 2.29. The molecule has 1 saturated heterocycles. The highest BCUT2D eigenvalue weighted by atomic mass is 16.4. The van der Waals surface area contributed by atoms with Crippen molar-refractivity contribution in [1.82, 2.24) is 9.80 Å². The summed E-state index contributed by atoms with van der Waals surface area (Å²) in [7, 11) is 2.03. The number of aliphatic carboxylic acids is 1. The molecule has 0 aromatic carbocycles. The van der Waals surface area contributed by atoms with Crippen LogP contribution in [0.4, 0.5) is 0 Å². The van der Waals surface area contributed by atoms with Crippen LogP contribution in [0.1, 0.15) is 33.6 Å². The van der Waals surface area contributed by atoms with Crippen molar-refractivity contribution in [1.29, 1.82) is 0 Å². The van der Waals surface area contributed by atoms with Crippen molar-refractivity contribution in [3.63, 3.8) is 0 Å². The third-order valence-electron chi connectivity index (χ3n) is 3.58. The quantitative estimate of drug-likeness (QED) is 0.790. The minimum Gasteiger partial charge on any atom is -0.481 e. The van der Waals surface area contributed by atoms with Crippen molar-refractivity contribution in [2.24, 2.45) is 0 Å². The van der Waals surface area contributed by atoms with Crippen LogP contribution < -0.4 is 0 Å². The number of carbonyl (C=O) groups is 1. The fourth-order valence-electron chi connectivity index (χ4n) is 2.44. The lowest BCUT2D eigenvalue weighted by molar-refractivity contribution is -0.138. The van der Waals surface area contributed by atoms with Gasteiger partial charge in [-0.05, 0) is 40.8 Å². The zero-order chi connectivity index (χ0) is 12.3. The molecule has 1 aliphatic rings. The Labute approximate surface area is 98.2 Å². The second kappa shape index (κ2) is 5.64. The SMILES string of the molecule is CC(C)N1CC(CC(=O)O)N(C)CCC1C. The summed E-state index contributed by atoms with van der Waals surface area (Å²) in [6.07, 6.45) is 1.36. The van der Waals surface area contributed by atoms with Crippen LogP contribution >= 0.6 is 0 Å². The van der Waals surface area contributed by atoms with Crippen LogP contribution in [0, 0.1) is 0 Å². The molecule has 0 aliphatic carbocycles. The van der Waals surface area contributed by atoms with Gasteiger partial charge in [-0.25, -0.2) is 0 Å². The molecule has 0 aromatic heterocycles. The monoisotopic (exact) mass is 228 g/mol. The third kappa shape index (κ3) is 3.46. The lowest BCUT2D eigenvalue weighted by Crippen LogP contribution is -2.44. The summed E-state index contributed by atoms with van der Waals surface area (Å²) >= 11 is 0. The molecule has 4 nitrogen and oxygen atoms in total. The Morgan fingerprint density at radius 3 is 2.62 bits per heavy atom. The van der Waals surface area contributed by atoms with E-state index in [0.717, 1.165) is 19.5 Å². The first-order valence-electron chi connectivity index (χ1n) is 6.09. The molecule has 4 heteroatoms. The Morgan fingerprint density at radius 1 is 1.50 bits per heavy atom. The van der Waals surface area contributed by atoms with E-state index < -0.39 is 5.97 Å². The molecule has 1 N–H and O–H groups in total. The highest BCUT2D eigenvalue weighted by molar-refractivity contribution is 5.67. The van der Waals surface area contributed by atoms with Crippen LogP contribution in [0.5, 0.6) is 0 Å². The predicted octanol–water partition coefficient (Wildman–Crippen LogP) is 1.26. The van der Waals surface area contributed by atoms with Gasteiger partial charge in [-0.15, -0.1) is 0 Å². The number of hydrogen-bond donors (Lipinski definition) is 1. The first kappa shape index (κ1) is 13.5. The molecule has 94 valence electrons. The molecule has 0 bridgehead atoms. The molecule has 2 atom stereocenters. The van der Waals surface area contributed by atoms with Crippen LogP contribution in [0.3, 0.4) is 0 Å². The maximum absolute atomic E-state index is 10.8. The van der Waals surface area contributed by atoms with Crippen molar-refractivity contribution in [3.8, 4) is 0 Å². The van der Waals surface area contributed by atoms with Gasteiger partial charge in [-0.1, -0.05) is 0 Å². The van der Waals surface area contributed by atoms with Gasteiger partial charge >= 0.3 is 5.97 Å². The van der Waals surface area contributed by atoms with Gasteiger partial charge < -0.3 is 10.0 Å². The maximum Gasteiger partial charge on any atom is 0.304 e. The van der Waals surface area contributed by atoms with Gasteiger partial charge in [0.2, 0.25) is 0 Å². The van der Waals surface area contributed by atoms with Gasteiger partial charge in [0.15, 0.2) is 0 Å². The summed E-state index contributed by atoms with van der Waals surface area (Å²) < 4.78 is 0. The average Bonchev–Trinajstić information content (AvgIpc) is 2.30. The molecular weight excluding hydrogens is 204 g/mol. The smallest absolute Gasteiger partial charge is 0.304 e. The number of likely N-dealkylation sites (N-methyl/N-ethyl adjacent to an activating group) is 1. The lowest BCUT2D eigenvalue weighted by atomic mass is 10.1. The molecular formula is C12H24N2O2. The zero-order valence-electron chi connectivity index (χ0n) is 10.8. The van der Waals surface area contributed by atoms with Gasteiger partial charge in [0.25, 0.3) is 0 Å². The first-order chi connectivity index (χ1) is 7.41. The van der Waals surface area contributed by atoms with Crippen LogP contribution in [-0.2, 0) is 4.79 Å². The van der Waals surface area contributed by atoms with Crippen molar-refractivity contribution >= 4 is 5.97 Å². The van der Waals surface area contributed by atoms with E-state index in [1.807, 2.05) is 7.05 Å². The number of rotatable bonds is 3. The first-order valence-corrected chi connectivity index (χ1v) is 6.09. The number of hydrogen-bond acceptors (Lipinski definition) is 3. The summed E-state index contributed by atoms with van der Waals surface area (Å²) in [6.45, 7) is 8.44. The van der Waals surface area contributed by atoms with Crippen molar-refractivity contribution in [2.75, 3.05) is 20.1 Å². The molecule has 1 fully saturated rings. The Morgan fingerprint density at radius 2 is 2.12 bits per heavy atom. The number of carboxylic acids is 1. The van der Waals surface area contributed by atoms with E-state index in [1.54, 1.807) is 0 Å². The predicted molar refractivity (Wildman–Crippen MR) is 64.6 cm³/mol. The Kier molecular flexibility index (Phi) is 4.74. The van der Waals surface area contributed by atoms with E-state index in [1.165, 1.54) is 0 Å². The highest BCUT2D eigenvalue weighted by Crippen LogP contribution is 2.18. The second-order valence-corrected chi connectivity index (χ2v) is 5.16. The van der Waals surface area contributed by atoms with Crippen LogP contribution in [0.2, 0.25) is 0 Å². The lowest BCUT2D eigenvalue weighted by Gasteiger charge is -2.33. The number of carboxylic acid groups (broad SMARTS) is 1. The molecule has 0 amide bonds. The Hall–Kier alpha value is -0.610. The molecule has 1 rings (SSSR count). The molecule has 0 radical (unpaired) electrons. The standard InChI is InChI=1S/C12H24N2O2/c1-9(2)14-8-11(7-12(15)16)13(4)6-5-10(14)3/h9-11H,5-8H2,1-4H3,(H,15,16). The Balaban J connectivity index is 2.71. The normalized spacial score (nSPS) is 29.3. The van der Waals surface area contributed by atoms with E-state index in [0.29, 0.717) is 12.1 Å². The minimum absolute atomic E-state index is 0.143. The summed E-state index contributed by atoms with van der Waals surface area (Å²) in [5, 5.41) is 8.92. The van der Waals surface area contributed by atoms with Gasteiger partial charge in [-0.3, -0.25) is 9.69 Å². The summed E-state index contributed by atoms with van der Waals surface area (Å²) in [6, 6.07) is 1.17. The largest absolute Gasteiger partial charge is 0.481 e. The van der Waals surface area contributed by atoms with E-state index >= 15 is 0 Å². The maximum atomic E-state index is 10.8. The summed E-state index contributed by atoms with van der Waals surface area (Å²) in [4.78, 5) is 15.4. The summed E-state index contributed by atoms with van der Waals surface area (Å²) in [5.74, 6) is -0.699. The molecule has 0 saturated carbocycles. The van der Waals surface area contributed by atoms with E-state index in [4.69, 9.17) is 5.11 Å². The molecule has 0 spiro atoms. The molecule has 0 aromatic rings. The van der Waals surface area contributed by atoms with Crippen molar-refractivity contribution in [2.45, 2.75) is 51.7 Å². The van der Waals surface area contributed by atoms with Gasteiger partial charge in [0.05, 0.1) is 6.42 Å². The second-order valence-electron chi connectivity index (χ2n) is 5.16. The number of nitrogens with zero attached hydrogens (tertiary/aromatic N) is 2. The topological polar surface area (TPSA) is 43.8 Å². The van der Waals surface area contributed by atoms with Crippen LogP contribution in [-0.4, -0.2) is 59.1 Å². The Bertz CT molecular complexity index is 243. The molecule has 1 aliphatic heterocycles. The van der Waals surface area contributed by atoms with Crippen molar-refractivity contribution in [3.05, 3.63) is 0 Å². The van der Waals surface area contributed by atoms with Gasteiger partial charge in [0.1, 0.15) is 0 Å². The van der Waals surface area contributed by atoms with Crippen molar-refractivity contribution < 1.29 is 9.90 Å². The van der Waals surface area contributed by atoms with Gasteiger partial charge in [0, 0.05) is 24.7 Å². The summed E-state index contributed by atoms with van der Waals surface area (Å²) in [5.41, 5.74) is 0. The molecule has 1 heterocycles. The van der Waals surface area contributed by atoms with E-state index in [2.05, 4.69) is 30.6 Å². The minimum atomic E-state index is -0.699. The average molecular weight is 228 g/mol. The third-order valence-corrected chi connectivity index (χ3v) is 3.58. The van der Waals surface area contributed by atoms with Crippen LogP contribution in [0.25, 0.3) is 0 Å². The fourth-order valence-corrected chi connectivity index (χ4v) is 2.44. The van der Waals surface area contributed by atoms with Crippen LogP contribution in [0.15, 0.2) is 0 Å². The molecule has 16 heavy (non-hydrogen) atoms. The molecule has 2 unspecified atom stereocenters. The fraction of sp³-hybridized carbons (Fsp3) is 0.917. The van der Waals surface area contributed by atoms with Gasteiger partial charge in [-0.2, -0.15) is 0 Å².